The van der Waals surface area contributed by atoms with E-state index in [2.05, 4.69) is 53.1 Å². The maximum atomic E-state index is 12.0. The molecule has 1 N–H and O–H groups in total. The second-order valence-electron chi connectivity index (χ2n) is 8.20. The van der Waals surface area contributed by atoms with Gasteiger partial charge < -0.3 is 9.84 Å². The number of carbonyl (C=O) groups is 1. The second-order valence-corrected chi connectivity index (χ2v) is 9.21. The Labute approximate surface area is 180 Å². The number of hydrogen-bond donors (Lipinski definition) is 1. The Balaban J connectivity index is 1.70. The first-order chi connectivity index (χ1) is 14.4. The zero-order valence-corrected chi connectivity index (χ0v) is 18.6. The van der Waals surface area contributed by atoms with E-state index >= 15 is 0 Å². The van der Waals surface area contributed by atoms with Gasteiger partial charge in [-0.3, -0.25) is 9.69 Å². The quantitative estimate of drug-likeness (QED) is 0.621. The summed E-state index contributed by atoms with van der Waals surface area (Å²) in [7, 11) is 1.45. The molecule has 30 heavy (non-hydrogen) atoms. The van der Waals surface area contributed by atoms with Crippen molar-refractivity contribution in [1.29, 1.82) is 0 Å². The summed E-state index contributed by atoms with van der Waals surface area (Å²) in [6, 6.07) is 8.50. The van der Waals surface area contributed by atoms with Crippen molar-refractivity contribution < 1.29 is 14.6 Å². The van der Waals surface area contributed by atoms with Crippen molar-refractivity contribution >= 4 is 22.3 Å². The SMILES string of the molecule is COC(=O)C1CCN([C@@H](c2ccc(C(C)C)cc2)c2sc3nc(C)nn3c2O)CC1. The molecule has 0 aliphatic carbocycles. The third-order valence-corrected chi connectivity index (χ3v) is 6.97. The number of aryl methyl sites for hydroxylation is 1. The van der Waals surface area contributed by atoms with E-state index in [1.54, 1.807) is 0 Å². The molecule has 1 fully saturated rings. The van der Waals surface area contributed by atoms with Crippen LogP contribution in [0.4, 0.5) is 0 Å². The number of benzene rings is 1. The second kappa shape index (κ2) is 8.35. The minimum atomic E-state index is -0.135. The van der Waals surface area contributed by atoms with Gasteiger partial charge in [0.05, 0.1) is 23.9 Å². The normalized spacial score (nSPS) is 17.0. The van der Waals surface area contributed by atoms with Crippen LogP contribution in [-0.4, -0.2) is 50.8 Å². The summed E-state index contributed by atoms with van der Waals surface area (Å²) in [5.74, 6) is 1.04. The van der Waals surface area contributed by atoms with E-state index in [1.807, 2.05) is 6.92 Å². The summed E-state index contributed by atoms with van der Waals surface area (Å²) in [6.45, 7) is 7.68. The lowest BCUT2D eigenvalue weighted by molar-refractivity contribution is -0.147. The molecule has 0 amide bonds. The number of likely N-dealkylation sites (tertiary alicyclic amines) is 1. The van der Waals surface area contributed by atoms with Crippen molar-refractivity contribution in [3.8, 4) is 5.88 Å². The Kier molecular flexibility index (Phi) is 5.79. The largest absolute Gasteiger partial charge is 0.492 e. The van der Waals surface area contributed by atoms with Crippen LogP contribution >= 0.6 is 11.3 Å². The molecular weight excluding hydrogens is 400 g/mol. The fraction of sp³-hybridized carbons (Fsp3) is 0.500. The summed E-state index contributed by atoms with van der Waals surface area (Å²) in [5.41, 5.74) is 2.40. The Morgan fingerprint density at radius 1 is 1.20 bits per heavy atom. The van der Waals surface area contributed by atoms with E-state index in [-0.39, 0.29) is 23.8 Å². The van der Waals surface area contributed by atoms with Gasteiger partial charge in [-0.1, -0.05) is 49.4 Å². The number of carbonyl (C=O) groups excluding carboxylic acids is 1. The Bertz CT molecular complexity index is 1030. The van der Waals surface area contributed by atoms with Crippen molar-refractivity contribution in [3.63, 3.8) is 0 Å². The van der Waals surface area contributed by atoms with Crippen LogP contribution in [0.5, 0.6) is 5.88 Å². The monoisotopic (exact) mass is 428 g/mol. The number of esters is 1. The van der Waals surface area contributed by atoms with Crippen molar-refractivity contribution in [3.05, 3.63) is 46.1 Å². The van der Waals surface area contributed by atoms with Crippen LogP contribution in [0.3, 0.4) is 0 Å². The molecule has 0 unspecified atom stereocenters. The first kappa shape index (κ1) is 20.8. The lowest BCUT2D eigenvalue weighted by atomic mass is 9.93. The fourth-order valence-corrected chi connectivity index (χ4v) is 5.34. The van der Waals surface area contributed by atoms with Crippen LogP contribution in [0.15, 0.2) is 24.3 Å². The van der Waals surface area contributed by atoms with Crippen LogP contribution in [0.1, 0.15) is 60.5 Å². The topological polar surface area (TPSA) is 80.0 Å². The molecular formula is C22H28N4O3S. The minimum Gasteiger partial charge on any atom is -0.492 e. The number of thiazole rings is 1. The van der Waals surface area contributed by atoms with Gasteiger partial charge in [-0.25, -0.2) is 4.98 Å². The van der Waals surface area contributed by atoms with Crippen molar-refractivity contribution in [2.75, 3.05) is 20.2 Å². The number of fused-ring (bicyclic) bond motifs is 1. The molecule has 1 aromatic carbocycles. The van der Waals surface area contributed by atoms with Gasteiger partial charge in [-0.05, 0) is 49.9 Å². The van der Waals surface area contributed by atoms with Crippen LogP contribution in [-0.2, 0) is 9.53 Å². The van der Waals surface area contributed by atoms with Crippen LogP contribution in [0.25, 0.3) is 4.96 Å². The van der Waals surface area contributed by atoms with Gasteiger partial charge in [0.1, 0.15) is 5.82 Å². The molecule has 0 bridgehead atoms. The molecule has 1 atom stereocenters. The summed E-state index contributed by atoms with van der Waals surface area (Å²) in [5, 5.41) is 15.3. The van der Waals surface area contributed by atoms with Crippen LogP contribution < -0.4 is 0 Å². The highest BCUT2D eigenvalue weighted by atomic mass is 32.1. The summed E-state index contributed by atoms with van der Waals surface area (Å²) >= 11 is 1.47. The van der Waals surface area contributed by atoms with Crippen molar-refractivity contribution in [1.82, 2.24) is 19.5 Å². The van der Waals surface area contributed by atoms with Gasteiger partial charge in [0.2, 0.25) is 10.8 Å². The number of hydrogen-bond acceptors (Lipinski definition) is 7. The number of aromatic hydroxyl groups is 1. The highest BCUT2D eigenvalue weighted by Crippen LogP contribution is 2.41. The Hall–Kier alpha value is -2.45. The Morgan fingerprint density at radius 3 is 2.40 bits per heavy atom. The maximum Gasteiger partial charge on any atom is 0.308 e. The number of rotatable bonds is 5. The predicted octanol–water partition coefficient (Wildman–Crippen LogP) is 3.90. The summed E-state index contributed by atoms with van der Waals surface area (Å²) in [6.07, 6.45) is 1.49. The molecule has 1 aliphatic heterocycles. The predicted molar refractivity (Wildman–Crippen MR) is 116 cm³/mol. The average molecular weight is 429 g/mol. The van der Waals surface area contributed by atoms with E-state index in [0.29, 0.717) is 16.7 Å². The average Bonchev–Trinajstić information content (AvgIpc) is 3.25. The lowest BCUT2D eigenvalue weighted by Crippen LogP contribution is -2.39. The number of piperidine rings is 1. The third kappa shape index (κ3) is 3.81. The zero-order valence-electron chi connectivity index (χ0n) is 17.8. The highest BCUT2D eigenvalue weighted by Gasteiger charge is 2.34. The maximum absolute atomic E-state index is 12.0. The summed E-state index contributed by atoms with van der Waals surface area (Å²) in [4.78, 5) is 20.2. The van der Waals surface area contributed by atoms with E-state index in [4.69, 9.17) is 4.74 Å². The van der Waals surface area contributed by atoms with Gasteiger partial charge in [-0.2, -0.15) is 4.52 Å². The molecule has 0 spiro atoms. The van der Waals surface area contributed by atoms with Gasteiger partial charge in [-0.15, -0.1) is 5.10 Å². The number of ether oxygens (including phenoxy) is 1. The first-order valence-corrected chi connectivity index (χ1v) is 11.2. The molecule has 160 valence electrons. The summed E-state index contributed by atoms with van der Waals surface area (Å²) < 4.78 is 6.45. The van der Waals surface area contributed by atoms with Crippen molar-refractivity contribution in [2.45, 2.75) is 45.6 Å². The van der Waals surface area contributed by atoms with Crippen LogP contribution in [0, 0.1) is 12.8 Å². The number of aromatic nitrogens is 3. The smallest absolute Gasteiger partial charge is 0.308 e. The molecule has 3 heterocycles. The molecule has 2 aromatic heterocycles. The van der Waals surface area contributed by atoms with Crippen molar-refractivity contribution in [2.24, 2.45) is 5.92 Å². The van der Waals surface area contributed by atoms with Gasteiger partial charge in [0.15, 0.2) is 0 Å². The highest BCUT2D eigenvalue weighted by molar-refractivity contribution is 7.17. The van der Waals surface area contributed by atoms with Gasteiger partial charge in [0, 0.05) is 0 Å². The lowest BCUT2D eigenvalue weighted by Gasteiger charge is -2.36. The number of nitrogens with zero attached hydrogens (tertiary/aromatic N) is 4. The molecule has 3 aromatic rings. The molecule has 1 aliphatic rings. The van der Waals surface area contributed by atoms with E-state index in [0.717, 1.165) is 36.4 Å². The molecule has 0 radical (unpaired) electrons. The zero-order chi connectivity index (χ0) is 21.4. The van der Waals surface area contributed by atoms with Gasteiger partial charge in [0.25, 0.3) is 0 Å². The third-order valence-electron chi connectivity index (χ3n) is 5.90. The first-order valence-electron chi connectivity index (χ1n) is 10.4. The Morgan fingerprint density at radius 2 is 1.83 bits per heavy atom. The van der Waals surface area contributed by atoms with E-state index in [9.17, 15) is 9.90 Å². The molecule has 4 rings (SSSR count). The molecule has 7 nitrogen and oxygen atoms in total. The van der Waals surface area contributed by atoms with E-state index < -0.39 is 0 Å². The number of methoxy groups -OCH3 is 1. The minimum absolute atomic E-state index is 0.0613. The van der Waals surface area contributed by atoms with Crippen LogP contribution in [0.2, 0.25) is 0 Å². The van der Waals surface area contributed by atoms with Gasteiger partial charge >= 0.3 is 5.97 Å². The fourth-order valence-electron chi connectivity index (χ4n) is 4.18. The molecule has 8 heteroatoms. The molecule has 1 saturated heterocycles. The van der Waals surface area contributed by atoms with E-state index in [1.165, 1.54) is 28.5 Å². The molecule has 0 saturated carbocycles. The standard InChI is InChI=1S/C22H28N4O3S/c1-13(2)15-5-7-16(8-6-15)18(25-11-9-17(10-12-25)21(28)29-4)19-20(27)26-22(30-19)23-14(3)24-26/h5-8,13,17-18,27H,9-12H2,1-4H3/t18-/m0/s1.